The highest BCUT2D eigenvalue weighted by molar-refractivity contribution is 7.99. The smallest absolute Gasteiger partial charge is 0.275 e. The molecule has 9 nitrogen and oxygen atoms in total. The van der Waals surface area contributed by atoms with Crippen molar-refractivity contribution in [2.24, 2.45) is 0 Å². The number of nitrogens with one attached hydrogen (secondary N) is 1. The van der Waals surface area contributed by atoms with Crippen molar-refractivity contribution < 1.29 is 14.5 Å². The third kappa shape index (κ3) is 4.58. The number of benzene rings is 2. The van der Waals surface area contributed by atoms with Crippen LogP contribution >= 0.6 is 11.8 Å². The zero-order valence-corrected chi connectivity index (χ0v) is 17.2. The molecule has 1 saturated heterocycles. The minimum absolute atomic E-state index is 0.0630. The minimum atomic E-state index is -0.579. The lowest BCUT2D eigenvalue weighted by Gasteiger charge is -2.22. The van der Waals surface area contributed by atoms with Crippen molar-refractivity contribution in [1.29, 1.82) is 0 Å². The average Bonchev–Trinajstić information content (AvgIpc) is 3.48. The van der Waals surface area contributed by atoms with Gasteiger partial charge in [0.1, 0.15) is 6.04 Å². The van der Waals surface area contributed by atoms with E-state index < -0.39 is 11.0 Å². The Morgan fingerprint density at radius 3 is 2.74 bits per heavy atom. The van der Waals surface area contributed by atoms with E-state index in [1.54, 1.807) is 24.4 Å². The number of aromatic nitrogens is 2. The lowest BCUT2D eigenvalue weighted by Crippen LogP contribution is -2.47. The largest absolute Gasteiger partial charge is 0.350 e. The van der Waals surface area contributed by atoms with Gasteiger partial charge >= 0.3 is 0 Å². The van der Waals surface area contributed by atoms with Crippen LogP contribution in [0.3, 0.4) is 0 Å². The van der Waals surface area contributed by atoms with Crippen molar-refractivity contribution in [3.63, 3.8) is 0 Å². The SMILES string of the molecule is O=C(NCc1ccccc1)[C@@H]1CSCN1C(=O)c1ccn(-c2cccc([N+](=O)[O-])c2)n1. The van der Waals surface area contributed by atoms with E-state index >= 15 is 0 Å². The number of nitro groups is 1. The van der Waals surface area contributed by atoms with Crippen molar-refractivity contribution in [2.75, 3.05) is 11.6 Å². The molecule has 0 unspecified atom stereocenters. The average molecular weight is 437 g/mol. The van der Waals surface area contributed by atoms with Crippen LogP contribution in [0, 0.1) is 10.1 Å². The summed E-state index contributed by atoms with van der Waals surface area (Å²) in [5.74, 6) is 0.346. The number of rotatable bonds is 6. The van der Waals surface area contributed by atoms with E-state index in [4.69, 9.17) is 0 Å². The molecule has 2 amide bonds. The molecule has 1 aliphatic heterocycles. The quantitative estimate of drug-likeness (QED) is 0.469. The first-order chi connectivity index (χ1) is 15.0. The van der Waals surface area contributed by atoms with Gasteiger partial charge in [0.2, 0.25) is 5.91 Å². The number of hydrogen-bond acceptors (Lipinski definition) is 6. The first-order valence-electron chi connectivity index (χ1n) is 9.54. The topological polar surface area (TPSA) is 110 Å². The Morgan fingerprint density at radius 2 is 1.97 bits per heavy atom. The molecule has 3 aromatic rings. The lowest BCUT2D eigenvalue weighted by atomic mass is 10.2. The van der Waals surface area contributed by atoms with E-state index in [2.05, 4.69) is 10.4 Å². The molecule has 158 valence electrons. The molecule has 10 heteroatoms. The molecule has 2 heterocycles. The summed E-state index contributed by atoms with van der Waals surface area (Å²) in [6.07, 6.45) is 1.57. The Kier molecular flexibility index (Phi) is 5.99. The predicted octanol–water partition coefficient (Wildman–Crippen LogP) is 2.61. The van der Waals surface area contributed by atoms with Crippen LogP contribution in [0.4, 0.5) is 5.69 Å². The Bertz CT molecular complexity index is 1120. The highest BCUT2D eigenvalue weighted by Gasteiger charge is 2.35. The number of non-ortho nitro benzene ring substituents is 1. The van der Waals surface area contributed by atoms with Gasteiger partial charge in [0, 0.05) is 30.6 Å². The van der Waals surface area contributed by atoms with Crippen LogP contribution < -0.4 is 5.32 Å². The number of carbonyl (C=O) groups excluding carboxylic acids is 2. The highest BCUT2D eigenvalue weighted by atomic mass is 32.2. The van der Waals surface area contributed by atoms with Gasteiger partial charge in [0.15, 0.2) is 5.69 Å². The Hall–Kier alpha value is -3.66. The van der Waals surface area contributed by atoms with Crippen molar-refractivity contribution in [2.45, 2.75) is 12.6 Å². The maximum atomic E-state index is 13.0. The second kappa shape index (κ2) is 9.00. The first kappa shape index (κ1) is 20.6. The Morgan fingerprint density at radius 1 is 1.16 bits per heavy atom. The van der Waals surface area contributed by atoms with Crippen molar-refractivity contribution in [3.8, 4) is 5.69 Å². The number of carbonyl (C=O) groups is 2. The monoisotopic (exact) mass is 437 g/mol. The van der Waals surface area contributed by atoms with Crippen LogP contribution in [0.2, 0.25) is 0 Å². The zero-order chi connectivity index (χ0) is 21.8. The van der Waals surface area contributed by atoms with Crippen LogP contribution in [-0.4, -0.2) is 49.1 Å². The van der Waals surface area contributed by atoms with E-state index in [9.17, 15) is 19.7 Å². The van der Waals surface area contributed by atoms with E-state index in [-0.39, 0.29) is 23.2 Å². The second-order valence-corrected chi connectivity index (χ2v) is 7.92. The van der Waals surface area contributed by atoms with E-state index in [1.165, 1.54) is 33.5 Å². The van der Waals surface area contributed by atoms with Gasteiger partial charge in [-0.1, -0.05) is 36.4 Å². The molecule has 1 atom stereocenters. The fraction of sp³-hybridized carbons (Fsp3) is 0.190. The number of nitrogens with zero attached hydrogens (tertiary/aromatic N) is 4. The molecule has 1 N–H and O–H groups in total. The predicted molar refractivity (Wildman–Crippen MR) is 116 cm³/mol. The number of hydrogen-bond donors (Lipinski definition) is 1. The fourth-order valence-corrected chi connectivity index (χ4v) is 4.39. The molecular weight excluding hydrogens is 418 g/mol. The molecule has 4 rings (SSSR count). The number of amides is 2. The third-order valence-electron chi connectivity index (χ3n) is 4.87. The minimum Gasteiger partial charge on any atom is -0.350 e. The van der Waals surface area contributed by atoms with Gasteiger partial charge in [0.25, 0.3) is 11.6 Å². The molecule has 0 spiro atoms. The summed E-state index contributed by atoms with van der Waals surface area (Å²) >= 11 is 1.51. The summed E-state index contributed by atoms with van der Waals surface area (Å²) in [6.45, 7) is 0.393. The summed E-state index contributed by atoms with van der Waals surface area (Å²) < 4.78 is 1.41. The molecule has 0 aliphatic carbocycles. The molecule has 0 saturated carbocycles. The van der Waals surface area contributed by atoms with Crippen LogP contribution in [-0.2, 0) is 11.3 Å². The highest BCUT2D eigenvalue weighted by Crippen LogP contribution is 2.24. The fourth-order valence-electron chi connectivity index (χ4n) is 3.24. The maximum Gasteiger partial charge on any atom is 0.275 e. The summed E-state index contributed by atoms with van der Waals surface area (Å²) in [5, 5.41) is 18.2. The van der Waals surface area contributed by atoms with Gasteiger partial charge < -0.3 is 10.2 Å². The van der Waals surface area contributed by atoms with E-state index in [0.717, 1.165) is 5.56 Å². The second-order valence-electron chi connectivity index (χ2n) is 6.92. The normalized spacial score (nSPS) is 15.6. The summed E-state index contributed by atoms with van der Waals surface area (Å²) in [5.41, 5.74) is 1.57. The van der Waals surface area contributed by atoms with Crippen LogP contribution in [0.1, 0.15) is 16.1 Å². The van der Waals surface area contributed by atoms with Crippen LogP contribution in [0.25, 0.3) is 5.69 Å². The van der Waals surface area contributed by atoms with Gasteiger partial charge in [-0.3, -0.25) is 19.7 Å². The standard InChI is InChI=1S/C21H19N5O4S/c27-20(22-12-15-5-2-1-3-6-15)19-13-31-14-24(19)21(28)18-9-10-25(23-18)16-7-4-8-17(11-16)26(29)30/h1-11,19H,12-14H2,(H,22,27)/t19-/m0/s1. The van der Waals surface area contributed by atoms with Gasteiger partial charge in [0.05, 0.1) is 16.5 Å². The van der Waals surface area contributed by atoms with E-state index in [1.807, 2.05) is 30.3 Å². The van der Waals surface area contributed by atoms with Crippen molar-refractivity contribution in [3.05, 3.63) is 88.2 Å². The number of nitro benzene ring substituents is 1. The Labute approximate surface area is 182 Å². The summed E-state index contributed by atoms with van der Waals surface area (Å²) in [4.78, 5) is 37.7. The van der Waals surface area contributed by atoms with Crippen molar-refractivity contribution in [1.82, 2.24) is 20.0 Å². The van der Waals surface area contributed by atoms with Gasteiger partial charge in [-0.2, -0.15) is 5.10 Å². The summed E-state index contributed by atoms with van der Waals surface area (Å²) in [6, 6.07) is 16.5. The maximum absolute atomic E-state index is 13.0. The van der Waals surface area contributed by atoms with Gasteiger partial charge in [-0.25, -0.2) is 4.68 Å². The van der Waals surface area contributed by atoms with Crippen LogP contribution in [0.15, 0.2) is 66.9 Å². The van der Waals surface area contributed by atoms with E-state index in [0.29, 0.717) is 23.9 Å². The number of thioether (sulfide) groups is 1. The molecule has 0 bridgehead atoms. The Balaban J connectivity index is 1.45. The lowest BCUT2D eigenvalue weighted by molar-refractivity contribution is -0.384. The van der Waals surface area contributed by atoms with Crippen molar-refractivity contribution >= 4 is 29.3 Å². The third-order valence-corrected chi connectivity index (χ3v) is 5.88. The molecule has 31 heavy (non-hydrogen) atoms. The first-order valence-corrected chi connectivity index (χ1v) is 10.7. The molecule has 1 fully saturated rings. The molecule has 2 aromatic carbocycles. The molecule has 1 aromatic heterocycles. The van der Waals surface area contributed by atoms with Crippen LogP contribution in [0.5, 0.6) is 0 Å². The molecule has 0 radical (unpaired) electrons. The zero-order valence-electron chi connectivity index (χ0n) is 16.4. The summed E-state index contributed by atoms with van der Waals surface area (Å²) in [7, 11) is 0. The van der Waals surface area contributed by atoms with Gasteiger partial charge in [-0.05, 0) is 17.7 Å². The molecular formula is C21H19N5O4S. The molecule has 1 aliphatic rings. The van der Waals surface area contributed by atoms with Gasteiger partial charge in [-0.15, -0.1) is 11.8 Å².